The first-order chi connectivity index (χ1) is 11.6. The van der Waals surface area contributed by atoms with Crippen molar-refractivity contribution in [1.29, 1.82) is 0 Å². The number of nitrogens with zero attached hydrogens (tertiary/aromatic N) is 1. The van der Waals surface area contributed by atoms with Gasteiger partial charge in [-0.2, -0.15) is 0 Å². The lowest BCUT2D eigenvalue weighted by Gasteiger charge is -2.33. The topological polar surface area (TPSA) is 69.6 Å². The molecule has 24 heavy (non-hydrogen) atoms. The summed E-state index contributed by atoms with van der Waals surface area (Å²) in [5, 5.41) is 13.1. The first-order valence-electron chi connectivity index (χ1n) is 8.88. The van der Waals surface area contributed by atoms with Gasteiger partial charge in [-0.1, -0.05) is 36.8 Å². The van der Waals surface area contributed by atoms with Crippen molar-refractivity contribution in [3.05, 3.63) is 35.9 Å². The van der Waals surface area contributed by atoms with Crippen molar-refractivity contribution in [1.82, 2.24) is 10.2 Å². The molecule has 0 bridgehead atoms. The monoisotopic (exact) mass is 328 g/mol. The van der Waals surface area contributed by atoms with Crippen LogP contribution in [-0.2, 0) is 15.0 Å². The molecule has 0 radical (unpaired) electrons. The highest BCUT2D eigenvalue weighted by atomic mass is 16.4. The minimum Gasteiger partial charge on any atom is -0.481 e. The van der Waals surface area contributed by atoms with Crippen molar-refractivity contribution in [2.45, 2.75) is 31.1 Å². The van der Waals surface area contributed by atoms with Gasteiger partial charge in [0.15, 0.2) is 0 Å². The minimum absolute atomic E-state index is 0.105. The summed E-state index contributed by atoms with van der Waals surface area (Å²) in [6.07, 6.45) is 3.36. The summed E-state index contributed by atoms with van der Waals surface area (Å²) in [6.45, 7) is 2.43. The Kier molecular flexibility index (Phi) is 3.64. The molecule has 3 atom stereocenters. The summed E-state index contributed by atoms with van der Waals surface area (Å²) < 4.78 is 0. The van der Waals surface area contributed by atoms with E-state index in [0.717, 1.165) is 31.4 Å². The van der Waals surface area contributed by atoms with Crippen molar-refractivity contribution in [2.75, 3.05) is 26.2 Å². The van der Waals surface area contributed by atoms with Crippen LogP contribution in [0.1, 0.15) is 31.2 Å². The first-order valence-corrected chi connectivity index (χ1v) is 8.88. The molecule has 0 aromatic heterocycles. The fourth-order valence-corrected chi connectivity index (χ4v) is 5.10. The van der Waals surface area contributed by atoms with Crippen molar-refractivity contribution in [2.24, 2.45) is 11.3 Å². The number of fused-ring (bicyclic) bond motifs is 1. The van der Waals surface area contributed by atoms with Gasteiger partial charge in [-0.25, -0.2) is 0 Å². The second kappa shape index (κ2) is 5.59. The number of carboxylic acids is 1. The van der Waals surface area contributed by atoms with Crippen LogP contribution in [0.25, 0.3) is 0 Å². The second-order valence-corrected chi connectivity index (χ2v) is 7.61. The van der Waals surface area contributed by atoms with E-state index in [1.807, 2.05) is 35.2 Å². The van der Waals surface area contributed by atoms with Crippen LogP contribution in [0.2, 0.25) is 0 Å². The average Bonchev–Trinajstić information content (AvgIpc) is 3.29. The number of amides is 1. The number of carbonyl (C=O) groups is 2. The zero-order valence-electron chi connectivity index (χ0n) is 13.8. The maximum absolute atomic E-state index is 13.5. The molecule has 3 aliphatic rings. The van der Waals surface area contributed by atoms with Gasteiger partial charge in [0.2, 0.25) is 5.91 Å². The normalized spacial score (nSPS) is 35.2. The number of carbonyl (C=O) groups excluding carboxylic acids is 1. The van der Waals surface area contributed by atoms with E-state index in [2.05, 4.69) is 5.32 Å². The van der Waals surface area contributed by atoms with E-state index in [1.54, 1.807) is 0 Å². The van der Waals surface area contributed by atoms with Gasteiger partial charge in [0, 0.05) is 19.6 Å². The predicted molar refractivity (Wildman–Crippen MR) is 89.6 cm³/mol. The Morgan fingerprint density at radius 3 is 2.62 bits per heavy atom. The van der Waals surface area contributed by atoms with Gasteiger partial charge in [-0.15, -0.1) is 0 Å². The Bertz CT molecular complexity index is 654. The smallest absolute Gasteiger partial charge is 0.311 e. The number of carboxylic acid groups (broad SMARTS) is 1. The van der Waals surface area contributed by atoms with Gasteiger partial charge >= 0.3 is 5.97 Å². The van der Waals surface area contributed by atoms with E-state index >= 15 is 0 Å². The summed E-state index contributed by atoms with van der Waals surface area (Å²) in [4.78, 5) is 27.2. The van der Waals surface area contributed by atoms with Crippen molar-refractivity contribution < 1.29 is 14.7 Å². The van der Waals surface area contributed by atoms with Gasteiger partial charge in [-0.3, -0.25) is 9.59 Å². The Morgan fingerprint density at radius 2 is 2.00 bits per heavy atom. The zero-order valence-corrected chi connectivity index (χ0v) is 13.8. The molecule has 4 rings (SSSR count). The summed E-state index contributed by atoms with van der Waals surface area (Å²) in [7, 11) is 0. The SMILES string of the molecule is O=C(N1C[C@@H]2CCC[C@@]2(C(=O)O)C1)[C@]1(c2ccccc2)CCNC1. The summed E-state index contributed by atoms with van der Waals surface area (Å²) in [5.74, 6) is -0.506. The van der Waals surface area contributed by atoms with Gasteiger partial charge in [0.05, 0.1) is 10.8 Å². The van der Waals surface area contributed by atoms with E-state index < -0.39 is 16.8 Å². The molecule has 1 aromatic carbocycles. The Labute approximate surface area is 142 Å². The third-order valence-corrected chi connectivity index (χ3v) is 6.47. The van der Waals surface area contributed by atoms with Crippen LogP contribution in [0.5, 0.6) is 0 Å². The van der Waals surface area contributed by atoms with Gasteiger partial charge in [0.25, 0.3) is 0 Å². The first kappa shape index (κ1) is 15.6. The third-order valence-electron chi connectivity index (χ3n) is 6.47. The summed E-state index contributed by atoms with van der Waals surface area (Å²) in [5.41, 5.74) is -0.208. The standard InChI is InChI=1S/C19H24N2O3/c22-16(18(9-10-20-12-18)14-5-2-1-3-6-14)21-11-15-7-4-8-19(15,13-21)17(23)24/h1-3,5-6,15,20H,4,7-13H2,(H,23,24)/t15-,18+,19+/m0/s1. The molecular weight excluding hydrogens is 304 g/mol. The molecule has 1 amide bonds. The quantitative estimate of drug-likeness (QED) is 0.885. The van der Waals surface area contributed by atoms with E-state index in [0.29, 0.717) is 26.1 Å². The fourth-order valence-electron chi connectivity index (χ4n) is 5.10. The summed E-state index contributed by atoms with van der Waals surface area (Å²) in [6, 6.07) is 9.95. The number of benzene rings is 1. The Hall–Kier alpha value is -1.88. The second-order valence-electron chi connectivity index (χ2n) is 7.61. The Morgan fingerprint density at radius 1 is 1.21 bits per heavy atom. The molecule has 128 valence electrons. The lowest BCUT2D eigenvalue weighted by molar-refractivity contribution is -0.149. The van der Waals surface area contributed by atoms with Gasteiger partial charge in [-0.05, 0) is 37.3 Å². The highest BCUT2D eigenvalue weighted by Gasteiger charge is 2.58. The number of likely N-dealkylation sites (tertiary alicyclic amines) is 1. The highest BCUT2D eigenvalue weighted by Crippen LogP contribution is 2.50. The number of hydrogen-bond donors (Lipinski definition) is 2. The summed E-state index contributed by atoms with van der Waals surface area (Å²) >= 11 is 0. The van der Waals surface area contributed by atoms with Crippen LogP contribution in [-0.4, -0.2) is 48.1 Å². The molecule has 5 heteroatoms. The molecule has 1 aromatic rings. The largest absolute Gasteiger partial charge is 0.481 e. The molecule has 2 saturated heterocycles. The molecule has 5 nitrogen and oxygen atoms in total. The predicted octanol–water partition coefficient (Wildman–Crippen LogP) is 1.63. The van der Waals surface area contributed by atoms with Crippen LogP contribution in [0.3, 0.4) is 0 Å². The van der Waals surface area contributed by atoms with Gasteiger partial charge < -0.3 is 15.3 Å². The number of hydrogen-bond acceptors (Lipinski definition) is 3. The average molecular weight is 328 g/mol. The number of aliphatic carboxylic acids is 1. The van der Waals surface area contributed by atoms with Crippen LogP contribution in [0.15, 0.2) is 30.3 Å². The minimum atomic E-state index is -0.724. The molecule has 1 aliphatic carbocycles. The molecule has 2 aliphatic heterocycles. The number of rotatable bonds is 3. The van der Waals surface area contributed by atoms with E-state index in [-0.39, 0.29) is 11.8 Å². The van der Waals surface area contributed by atoms with E-state index in [1.165, 1.54) is 0 Å². The highest BCUT2D eigenvalue weighted by molar-refractivity contribution is 5.90. The lowest BCUT2D eigenvalue weighted by atomic mass is 9.78. The molecule has 3 fully saturated rings. The molecule has 1 saturated carbocycles. The third kappa shape index (κ3) is 2.10. The van der Waals surface area contributed by atoms with Crippen molar-refractivity contribution in [3.8, 4) is 0 Å². The lowest BCUT2D eigenvalue weighted by Crippen LogP contribution is -2.48. The van der Waals surface area contributed by atoms with Crippen LogP contribution in [0, 0.1) is 11.3 Å². The number of nitrogens with one attached hydrogen (secondary N) is 1. The maximum atomic E-state index is 13.5. The fraction of sp³-hybridized carbons (Fsp3) is 0.579. The van der Waals surface area contributed by atoms with Crippen molar-refractivity contribution >= 4 is 11.9 Å². The maximum Gasteiger partial charge on any atom is 0.311 e. The van der Waals surface area contributed by atoms with Crippen LogP contribution < -0.4 is 5.32 Å². The molecule has 0 unspecified atom stereocenters. The Balaban J connectivity index is 1.65. The van der Waals surface area contributed by atoms with E-state index in [4.69, 9.17) is 0 Å². The van der Waals surface area contributed by atoms with Gasteiger partial charge in [0.1, 0.15) is 0 Å². The van der Waals surface area contributed by atoms with E-state index in [9.17, 15) is 14.7 Å². The molecular formula is C19H24N2O3. The molecule has 2 heterocycles. The molecule has 2 N–H and O–H groups in total. The van der Waals surface area contributed by atoms with Crippen molar-refractivity contribution in [3.63, 3.8) is 0 Å². The van der Waals surface area contributed by atoms with Crippen LogP contribution >= 0.6 is 0 Å². The van der Waals surface area contributed by atoms with Crippen LogP contribution in [0.4, 0.5) is 0 Å². The molecule has 0 spiro atoms. The zero-order chi connectivity index (χ0) is 16.8.